The first-order chi connectivity index (χ1) is 11.3. The molecule has 4 heteroatoms. The number of fused-ring (bicyclic) bond motifs is 1. The fourth-order valence-electron chi connectivity index (χ4n) is 4.07. The Kier molecular flexibility index (Phi) is 4.29. The monoisotopic (exact) mass is 310 g/mol. The Morgan fingerprint density at radius 1 is 1.17 bits per heavy atom. The molecule has 4 rings (SSSR count). The van der Waals surface area contributed by atoms with Crippen LogP contribution >= 0.6 is 0 Å². The van der Waals surface area contributed by atoms with Gasteiger partial charge in [0.15, 0.2) is 0 Å². The maximum Gasteiger partial charge on any atom is 0.0708 e. The Morgan fingerprint density at radius 3 is 2.87 bits per heavy atom. The zero-order chi connectivity index (χ0) is 15.6. The Labute approximate surface area is 138 Å². The molecule has 0 saturated carbocycles. The number of aromatic nitrogens is 1. The molecular weight excluding hydrogens is 284 g/mol. The van der Waals surface area contributed by atoms with E-state index in [1.807, 2.05) is 0 Å². The number of hydrogen-bond donors (Lipinski definition) is 1. The van der Waals surface area contributed by atoms with Crippen molar-refractivity contribution in [1.29, 1.82) is 0 Å². The summed E-state index contributed by atoms with van der Waals surface area (Å²) in [6.07, 6.45) is 1.31. The Bertz CT molecular complexity index is 678. The van der Waals surface area contributed by atoms with Gasteiger partial charge in [-0.15, -0.1) is 0 Å². The summed E-state index contributed by atoms with van der Waals surface area (Å²) in [5.74, 6) is 0. The molecule has 1 unspecified atom stereocenters. The molecule has 0 radical (unpaired) electrons. The zero-order valence-corrected chi connectivity index (χ0v) is 14.0. The van der Waals surface area contributed by atoms with Gasteiger partial charge < -0.3 is 5.32 Å². The van der Waals surface area contributed by atoms with E-state index < -0.39 is 0 Å². The minimum absolute atomic E-state index is 0.742. The van der Waals surface area contributed by atoms with Gasteiger partial charge in [0.05, 0.1) is 5.52 Å². The van der Waals surface area contributed by atoms with Crippen LogP contribution in [0.5, 0.6) is 0 Å². The second-order valence-corrected chi connectivity index (χ2v) is 6.90. The van der Waals surface area contributed by atoms with Crippen LogP contribution in [-0.4, -0.2) is 60.1 Å². The van der Waals surface area contributed by atoms with E-state index in [9.17, 15) is 0 Å². The number of aryl methyl sites for hydroxylation is 1. The number of nitrogens with one attached hydrogen (secondary N) is 1. The van der Waals surface area contributed by atoms with Gasteiger partial charge in [0.2, 0.25) is 0 Å². The van der Waals surface area contributed by atoms with E-state index in [1.54, 1.807) is 0 Å². The number of pyridine rings is 1. The van der Waals surface area contributed by atoms with E-state index in [4.69, 9.17) is 0 Å². The molecule has 0 amide bonds. The molecule has 3 heterocycles. The van der Waals surface area contributed by atoms with Crippen LogP contribution in [-0.2, 0) is 6.54 Å². The first-order valence-corrected chi connectivity index (χ1v) is 8.82. The maximum atomic E-state index is 4.67. The summed E-state index contributed by atoms with van der Waals surface area (Å²) in [5, 5.41) is 4.76. The summed E-state index contributed by atoms with van der Waals surface area (Å²) < 4.78 is 0. The first kappa shape index (κ1) is 15.1. The quantitative estimate of drug-likeness (QED) is 0.940. The van der Waals surface area contributed by atoms with Gasteiger partial charge in [-0.3, -0.25) is 14.8 Å². The molecule has 4 nitrogen and oxygen atoms in total. The smallest absolute Gasteiger partial charge is 0.0708 e. The predicted octanol–water partition coefficient (Wildman–Crippen LogP) is 2.02. The largest absolute Gasteiger partial charge is 0.314 e. The van der Waals surface area contributed by atoms with Crippen LogP contribution in [0.4, 0.5) is 0 Å². The molecule has 0 spiro atoms. The van der Waals surface area contributed by atoms with E-state index in [0.29, 0.717) is 0 Å². The standard InChI is InChI=1S/C19H26N4/c1-15-12-16(18-4-2-3-5-19(18)21-15)13-22-9-6-17(14-22)23-10-7-20-8-11-23/h2-5,12,17,20H,6-11,13-14H2,1H3. The summed E-state index contributed by atoms with van der Waals surface area (Å²) in [6, 6.07) is 11.5. The second-order valence-electron chi connectivity index (χ2n) is 6.90. The van der Waals surface area contributed by atoms with Crippen molar-refractivity contribution < 1.29 is 0 Å². The second kappa shape index (κ2) is 6.56. The third-order valence-electron chi connectivity index (χ3n) is 5.24. The highest BCUT2D eigenvalue weighted by Crippen LogP contribution is 2.23. The molecule has 122 valence electrons. The van der Waals surface area contributed by atoms with Crippen molar-refractivity contribution in [2.75, 3.05) is 39.3 Å². The molecular formula is C19H26N4. The summed E-state index contributed by atoms with van der Waals surface area (Å²) in [4.78, 5) is 9.96. The lowest BCUT2D eigenvalue weighted by Crippen LogP contribution is -2.49. The zero-order valence-electron chi connectivity index (χ0n) is 14.0. The number of rotatable bonds is 3. The van der Waals surface area contributed by atoms with Crippen molar-refractivity contribution in [3.8, 4) is 0 Å². The summed E-state index contributed by atoms with van der Waals surface area (Å²) in [7, 11) is 0. The number of likely N-dealkylation sites (tertiary alicyclic amines) is 1. The first-order valence-electron chi connectivity index (χ1n) is 8.82. The molecule has 2 aliphatic heterocycles. The van der Waals surface area contributed by atoms with Crippen LogP contribution in [0, 0.1) is 6.92 Å². The van der Waals surface area contributed by atoms with Gasteiger partial charge in [0, 0.05) is 62.9 Å². The molecule has 1 N–H and O–H groups in total. The molecule has 2 saturated heterocycles. The molecule has 1 atom stereocenters. The summed E-state index contributed by atoms with van der Waals surface area (Å²) in [6.45, 7) is 10.3. The van der Waals surface area contributed by atoms with Crippen LogP contribution in [0.3, 0.4) is 0 Å². The normalized spacial score (nSPS) is 23.6. The summed E-state index contributed by atoms with van der Waals surface area (Å²) >= 11 is 0. The average molecular weight is 310 g/mol. The SMILES string of the molecule is Cc1cc(CN2CCC(N3CCNCC3)C2)c2ccccc2n1. The third kappa shape index (κ3) is 3.25. The van der Waals surface area contributed by atoms with Gasteiger partial charge in [-0.25, -0.2) is 0 Å². The summed E-state index contributed by atoms with van der Waals surface area (Å²) in [5.41, 5.74) is 3.67. The van der Waals surface area contributed by atoms with Gasteiger partial charge in [0.1, 0.15) is 0 Å². The molecule has 1 aromatic heterocycles. The van der Waals surface area contributed by atoms with E-state index in [2.05, 4.69) is 57.4 Å². The Balaban J connectivity index is 1.48. The van der Waals surface area contributed by atoms with E-state index in [0.717, 1.165) is 36.9 Å². The van der Waals surface area contributed by atoms with E-state index in [1.165, 1.54) is 43.5 Å². The lowest BCUT2D eigenvalue weighted by atomic mass is 10.1. The number of para-hydroxylation sites is 1. The fourth-order valence-corrected chi connectivity index (χ4v) is 4.07. The maximum absolute atomic E-state index is 4.67. The van der Waals surface area contributed by atoms with Crippen LogP contribution in [0.2, 0.25) is 0 Å². The lowest BCUT2D eigenvalue weighted by molar-refractivity contribution is 0.170. The van der Waals surface area contributed by atoms with E-state index in [-0.39, 0.29) is 0 Å². The lowest BCUT2D eigenvalue weighted by Gasteiger charge is -2.32. The molecule has 2 aromatic rings. The van der Waals surface area contributed by atoms with Crippen molar-refractivity contribution in [3.63, 3.8) is 0 Å². The van der Waals surface area contributed by atoms with Crippen molar-refractivity contribution in [3.05, 3.63) is 41.6 Å². The average Bonchev–Trinajstić information content (AvgIpc) is 3.04. The van der Waals surface area contributed by atoms with E-state index >= 15 is 0 Å². The van der Waals surface area contributed by atoms with Gasteiger partial charge in [0.25, 0.3) is 0 Å². The van der Waals surface area contributed by atoms with Gasteiger partial charge in [-0.05, 0) is 31.0 Å². The molecule has 23 heavy (non-hydrogen) atoms. The highest BCUT2D eigenvalue weighted by atomic mass is 15.3. The van der Waals surface area contributed by atoms with Gasteiger partial charge >= 0.3 is 0 Å². The van der Waals surface area contributed by atoms with Crippen LogP contribution < -0.4 is 5.32 Å². The van der Waals surface area contributed by atoms with Crippen molar-refractivity contribution in [2.45, 2.75) is 25.9 Å². The molecule has 0 bridgehead atoms. The van der Waals surface area contributed by atoms with Crippen molar-refractivity contribution in [1.82, 2.24) is 20.1 Å². The highest BCUT2D eigenvalue weighted by molar-refractivity contribution is 5.82. The molecule has 2 aliphatic rings. The number of benzene rings is 1. The third-order valence-corrected chi connectivity index (χ3v) is 5.24. The number of hydrogen-bond acceptors (Lipinski definition) is 4. The van der Waals surface area contributed by atoms with Gasteiger partial charge in [-0.2, -0.15) is 0 Å². The van der Waals surface area contributed by atoms with Crippen LogP contribution in [0.1, 0.15) is 17.7 Å². The fraction of sp³-hybridized carbons (Fsp3) is 0.526. The Hall–Kier alpha value is -1.49. The number of nitrogens with zero attached hydrogens (tertiary/aromatic N) is 3. The minimum atomic E-state index is 0.742. The topological polar surface area (TPSA) is 31.4 Å². The van der Waals surface area contributed by atoms with Gasteiger partial charge in [-0.1, -0.05) is 18.2 Å². The Morgan fingerprint density at radius 2 is 2.00 bits per heavy atom. The minimum Gasteiger partial charge on any atom is -0.314 e. The highest BCUT2D eigenvalue weighted by Gasteiger charge is 2.28. The molecule has 2 fully saturated rings. The van der Waals surface area contributed by atoms with Crippen molar-refractivity contribution in [2.24, 2.45) is 0 Å². The van der Waals surface area contributed by atoms with Crippen LogP contribution in [0.15, 0.2) is 30.3 Å². The van der Waals surface area contributed by atoms with Crippen LogP contribution in [0.25, 0.3) is 10.9 Å². The number of piperazine rings is 1. The molecule has 0 aliphatic carbocycles. The predicted molar refractivity (Wildman–Crippen MR) is 94.6 cm³/mol. The molecule has 1 aromatic carbocycles. The van der Waals surface area contributed by atoms with Crippen molar-refractivity contribution >= 4 is 10.9 Å².